The van der Waals surface area contributed by atoms with E-state index >= 15 is 0 Å². The number of para-hydroxylation sites is 1. The topological polar surface area (TPSA) is 66.9 Å². The summed E-state index contributed by atoms with van der Waals surface area (Å²) >= 11 is 0. The molecule has 2 rings (SSSR count). The van der Waals surface area contributed by atoms with E-state index in [1.54, 1.807) is 11.9 Å². The van der Waals surface area contributed by atoms with Crippen molar-refractivity contribution in [3.63, 3.8) is 0 Å². The molecule has 25 heavy (non-hydrogen) atoms. The highest BCUT2D eigenvalue weighted by atomic mass is 32.2. The van der Waals surface area contributed by atoms with Gasteiger partial charge in [0.25, 0.3) is 0 Å². The standard InChI is InChI=1S/C18H28N2O4S/c1-14-7-5-6-8-17(14)24-11-10-19(3)15(2)18(21)20(4)16-9-12-25(22,23)13-16/h5-8,15-16H,9-13H2,1-4H3/t15-,16-/m0/s1. The molecule has 0 bridgehead atoms. The van der Waals surface area contributed by atoms with E-state index < -0.39 is 9.84 Å². The number of ether oxygens (including phenoxy) is 1. The van der Waals surface area contributed by atoms with E-state index in [1.165, 1.54) is 0 Å². The Morgan fingerprint density at radius 3 is 2.60 bits per heavy atom. The molecule has 1 heterocycles. The van der Waals surface area contributed by atoms with Crippen LogP contribution in [0, 0.1) is 6.92 Å². The number of likely N-dealkylation sites (N-methyl/N-ethyl adjacent to an activating group) is 2. The number of aryl methyl sites for hydroxylation is 1. The maximum Gasteiger partial charge on any atom is 0.239 e. The molecule has 1 aliphatic heterocycles. The molecule has 6 nitrogen and oxygen atoms in total. The molecule has 1 amide bonds. The van der Waals surface area contributed by atoms with Crippen LogP contribution in [0.5, 0.6) is 5.75 Å². The molecule has 0 unspecified atom stereocenters. The van der Waals surface area contributed by atoms with E-state index in [2.05, 4.69) is 0 Å². The molecule has 2 atom stereocenters. The molecule has 1 fully saturated rings. The van der Waals surface area contributed by atoms with Crippen LogP contribution in [0.3, 0.4) is 0 Å². The van der Waals surface area contributed by atoms with Crippen LogP contribution in [-0.4, -0.2) is 75.0 Å². The lowest BCUT2D eigenvalue weighted by atomic mass is 10.2. The van der Waals surface area contributed by atoms with Gasteiger partial charge >= 0.3 is 0 Å². The van der Waals surface area contributed by atoms with Crippen LogP contribution in [0.4, 0.5) is 0 Å². The molecule has 0 saturated carbocycles. The first kappa shape index (κ1) is 19.7. The molecule has 140 valence electrons. The molecule has 0 spiro atoms. The first-order chi connectivity index (χ1) is 11.7. The van der Waals surface area contributed by atoms with E-state index in [4.69, 9.17) is 4.74 Å². The van der Waals surface area contributed by atoms with Crippen molar-refractivity contribution >= 4 is 15.7 Å². The van der Waals surface area contributed by atoms with Gasteiger partial charge in [-0.25, -0.2) is 8.42 Å². The van der Waals surface area contributed by atoms with Crippen molar-refractivity contribution in [3.8, 4) is 5.75 Å². The summed E-state index contributed by atoms with van der Waals surface area (Å²) in [5.41, 5.74) is 1.08. The third-order valence-corrected chi connectivity index (χ3v) is 6.67. The molecular weight excluding hydrogens is 340 g/mol. The smallest absolute Gasteiger partial charge is 0.239 e. The van der Waals surface area contributed by atoms with Crippen molar-refractivity contribution in [1.29, 1.82) is 0 Å². The second-order valence-electron chi connectivity index (χ2n) is 6.78. The van der Waals surface area contributed by atoms with Gasteiger partial charge in [0.2, 0.25) is 5.91 Å². The van der Waals surface area contributed by atoms with Gasteiger partial charge in [-0.3, -0.25) is 9.69 Å². The molecule has 1 aliphatic rings. The van der Waals surface area contributed by atoms with E-state index in [-0.39, 0.29) is 29.5 Å². The Morgan fingerprint density at radius 1 is 1.32 bits per heavy atom. The molecule has 1 aromatic carbocycles. The largest absolute Gasteiger partial charge is 0.492 e. The number of hydrogen-bond donors (Lipinski definition) is 0. The summed E-state index contributed by atoms with van der Waals surface area (Å²) in [7, 11) is 0.578. The molecule has 0 aromatic heterocycles. The zero-order valence-corrected chi connectivity index (χ0v) is 16.3. The predicted octanol–water partition coefficient (Wildman–Crippen LogP) is 1.34. The van der Waals surface area contributed by atoms with Crippen molar-refractivity contribution in [2.24, 2.45) is 0 Å². The van der Waals surface area contributed by atoms with Crippen LogP contribution >= 0.6 is 0 Å². The Kier molecular flexibility index (Phi) is 6.46. The molecule has 1 aromatic rings. The molecule has 0 radical (unpaired) electrons. The fraction of sp³-hybridized carbons (Fsp3) is 0.611. The molecule has 0 aliphatic carbocycles. The number of rotatable bonds is 7. The maximum atomic E-state index is 12.6. The first-order valence-corrected chi connectivity index (χ1v) is 10.4. The highest BCUT2D eigenvalue weighted by Gasteiger charge is 2.34. The van der Waals surface area contributed by atoms with Gasteiger partial charge in [-0.05, 0) is 38.9 Å². The Labute approximate surface area is 150 Å². The average molecular weight is 368 g/mol. The number of benzene rings is 1. The van der Waals surface area contributed by atoms with Gasteiger partial charge in [0.05, 0.1) is 17.5 Å². The summed E-state index contributed by atoms with van der Waals surface area (Å²) in [5, 5.41) is 0. The van der Waals surface area contributed by atoms with Crippen LogP contribution in [0.25, 0.3) is 0 Å². The monoisotopic (exact) mass is 368 g/mol. The number of nitrogens with zero attached hydrogens (tertiary/aromatic N) is 2. The van der Waals surface area contributed by atoms with Crippen LogP contribution in [-0.2, 0) is 14.6 Å². The number of sulfone groups is 1. The summed E-state index contributed by atoms with van der Waals surface area (Å²) in [6.07, 6.45) is 0.525. The van der Waals surface area contributed by atoms with Crippen molar-refractivity contribution in [2.45, 2.75) is 32.4 Å². The minimum atomic E-state index is -3.00. The normalized spacial score (nSPS) is 20.4. The fourth-order valence-corrected chi connectivity index (χ4v) is 4.73. The van der Waals surface area contributed by atoms with Gasteiger partial charge < -0.3 is 9.64 Å². The van der Waals surface area contributed by atoms with E-state index in [9.17, 15) is 13.2 Å². The second kappa shape index (κ2) is 8.19. The van der Waals surface area contributed by atoms with Gasteiger partial charge in [-0.1, -0.05) is 18.2 Å². The van der Waals surface area contributed by atoms with Crippen molar-refractivity contribution in [2.75, 3.05) is 38.8 Å². The number of carbonyl (C=O) groups excluding carboxylic acids is 1. The van der Waals surface area contributed by atoms with Gasteiger partial charge in [0.1, 0.15) is 12.4 Å². The van der Waals surface area contributed by atoms with Crippen LogP contribution in [0.1, 0.15) is 18.9 Å². The third-order valence-electron chi connectivity index (χ3n) is 4.92. The van der Waals surface area contributed by atoms with E-state index in [0.29, 0.717) is 19.6 Å². The molecule has 7 heteroatoms. The number of amides is 1. The van der Waals surface area contributed by atoms with Crippen molar-refractivity contribution in [3.05, 3.63) is 29.8 Å². The summed E-state index contributed by atoms with van der Waals surface area (Å²) < 4.78 is 29.0. The predicted molar refractivity (Wildman–Crippen MR) is 98.6 cm³/mol. The van der Waals surface area contributed by atoms with Crippen LogP contribution in [0.15, 0.2) is 24.3 Å². The molecular formula is C18H28N2O4S. The Bertz CT molecular complexity index is 705. The number of carbonyl (C=O) groups is 1. The molecule has 0 N–H and O–H groups in total. The molecule has 1 saturated heterocycles. The summed E-state index contributed by atoms with van der Waals surface area (Å²) in [6.45, 7) is 4.93. The van der Waals surface area contributed by atoms with E-state index in [0.717, 1.165) is 11.3 Å². The van der Waals surface area contributed by atoms with Crippen LogP contribution in [0.2, 0.25) is 0 Å². The minimum absolute atomic E-state index is 0.0551. The Morgan fingerprint density at radius 2 is 2.00 bits per heavy atom. The lowest BCUT2D eigenvalue weighted by molar-refractivity contribution is -0.136. The summed E-state index contributed by atoms with van der Waals surface area (Å²) in [4.78, 5) is 16.1. The quantitative estimate of drug-likeness (QED) is 0.727. The average Bonchev–Trinajstić information content (AvgIpc) is 2.94. The third kappa shape index (κ3) is 5.19. The fourth-order valence-electron chi connectivity index (χ4n) is 2.96. The minimum Gasteiger partial charge on any atom is -0.492 e. The second-order valence-corrected chi connectivity index (χ2v) is 9.01. The maximum absolute atomic E-state index is 12.6. The summed E-state index contributed by atoms with van der Waals surface area (Å²) in [6, 6.07) is 7.29. The Balaban J connectivity index is 1.83. The van der Waals surface area contributed by atoms with Gasteiger partial charge in [0.15, 0.2) is 9.84 Å². The lowest BCUT2D eigenvalue weighted by Crippen LogP contribution is -2.49. The SMILES string of the molecule is Cc1ccccc1OCCN(C)[C@@H](C)C(=O)N(C)[C@H]1CCS(=O)(=O)C1. The van der Waals surface area contributed by atoms with Crippen molar-refractivity contribution in [1.82, 2.24) is 9.80 Å². The highest BCUT2D eigenvalue weighted by Crippen LogP contribution is 2.18. The highest BCUT2D eigenvalue weighted by molar-refractivity contribution is 7.91. The summed E-state index contributed by atoms with van der Waals surface area (Å²) in [5.74, 6) is 1.04. The van der Waals surface area contributed by atoms with Gasteiger partial charge in [-0.15, -0.1) is 0 Å². The lowest BCUT2D eigenvalue weighted by Gasteiger charge is -2.31. The zero-order valence-electron chi connectivity index (χ0n) is 15.4. The zero-order chi connectivity index (χ0) is 18.6. The van der Waals surface area contributed by atoms with E-state index in [1.807, 2.05) is 50.1 Å². The Hall–Kier alpha value is -1.60. The first-order valence-electron chi connectivity index (χ1n) is 8.57. The van der Waals surface area contributed by atoms with Gasteiger partial charge in [-0.2, -0.15) is 0 Å². The van der Waals surface area contributed by atoms with Crippen molar-refractivity contribution < 1.29 is 17.9 Å². The van der Waals surface area contributed by atoms with Crippen LogP contribution < -0.4 is 4.74 Å². The number of hydrogen-bond acceptors (Lipinski definition) is 5. The van der Waals surface area contributed by atoms with Gasteiger partial charge in [0, 0.05) is 19.6 Å².